The second kappa shape index (κ2) is 7.50. The molecule has 0 aliphatic heterocycles. The van der Waals surface area contributed by atoms with Gasteiger partial charge in [-0.15, -0.1) is 0 Å². The number of thiazole rings is 1. The van der Waals surface area contributed by atoms with Gasteiger partial charge in [0.1, 0.15) is 0 Å². The number of halogens is 1. The largest absolute Gasteiger partial charge is 0.335 e. The SMILES string of the molecule is CCN(Cc1cccc(Cl)c1)C(=O)c1cnn(-c2nc3ccccc3s2)c1. The standard InChI is InChI=1S/C20H17ClN4OS/c1-2-24(12-14-6-5-7-16(21)10-14)19(26)15-11-22-25(13-15)20-23-17-8-3-4-9-18(17)27-20/h3-11,13H,2,12H2,1H3. The van der Waals surface area contributed by atoms with Gasteiger partial charge in [-0.25, -0.2) is 9.67 Å². The maximum absolute atomic E-state index is 12.9. The lowest BCUT2D eigenvalue weighted by Gasteiger charge is -2.20. The predicted molar refractivity (Wildman–Crippen MR) is 109 cm³/mol. The van der Waals surface area contributed by atoms with Crippen molar-refractivity contribution < 1.29 is 4.79 Å². The summed E-state index contributed by atoms with van der Waals surface area (Å²) in [6.07, 6.45) is 3.33. The first-order valence-corrected chi connectivity index (χ1v) is 9.78. The summed E-state index contributed by atoms with van der Waals surface area (Å²) in [6.45, 7) is 3.06. The minimum absolute atomic E-state index is 0.0650. The van der Waals surface area contributed by atoms with Crippen LogP contribution in [0.3, 0.4) is 0 Å². The van der Waals surface area contributed by atoms with Gasteiger partial charge in [0.15, 0.2) is 0 Å². The monoisotopic (exact) mass is 396 g/mol. The first-order chi connectivity index (χ1) is 13.1. The maximum atomic E-state index is 12.9. The number of carbonyl (C=O) groups excluding carboxylic acids is 1. The van der Waals surface area contributed by atoms with Crippen LogP contribution in [-0.2, 0) is 6.54 Å². The van der Waals surface area contributed by atoms with E-state index in [1.807, 2.05) is 55.5 Å². The van der Waals surface area contributed by atoms with Crippen molar-refractivity contribution in [2.75, 3.05) is 6.54 Å². The summed E-state index contributed by atoms with van der Waals surface area (Å²) < 4.78 is 2.75. The molecule has 0 atom stereocenters. The number of amides is 1. The molecular weight excluding hydrogens is 380 g/mol. The minimum atomic E-state index is -0.0650. The van der Waals surface area contributed by atoms with Crippen molar-refractivity contribution >= 4 is 39.1 Å². The Morgan fingerprint density at radius 2 is 2.07 bits per heavy atom. The van der Waals surface area contributed by atoms with Crippen LogP contribution >= 0.6 is 22.9 Å². The van der Waals surface area contributed by atoms with E-state index >= 15 is 0 Å². The van der Waals surface area contributed by atoms with Gasteiger partial charge >= 0.3 is 0 Å². The number of carbonyl (C=O) groups is 1. The summed E-state index contributed by atoms with van der Waals surface area (Å²) in [4.78, 5) is 19.3. The highest BCUT2D eigenvalue weighted by Gasteiger charge is 2.18. The van der Waals surface area contributed by atoms with Gasteiger partial charge in [0.25, 0.3) is 5.91 Å². The third kappa shape index (κ3) is 3.72. The molecular formula is C20H17ClN4OS. The van der Waals surface area contributed by atoms with Crippen molar-refractivity contribution in [3.8, 4) is 5.13 Å². The first-order valence-electron chi connectivity index (χ1n) is 8.58. The summed E-state index contributed by atoms with van der Waals surface area (Å²) in [5.74, 6) is -0.0650. The second-order valence-electron chi connectivity index (χ2n) is 6.09. The number of para-hydroxylation sites is 1. The van der Waals surface area contributed by atoms with Gasteiger partial charge in [0.2, 0.25) is 5.13 Å². The van der Waals surface area contributed by atoms with Gasteiger partial charge in [0, 0.05) is 24.3 Å². The molecule has 0 saturated carbocycles. The number of nitrogens with zero attached hydrogens (tertiary/aromatic N) is 4. The maximum Gasteiger partial charge on any atom is 0.257 e. The molecule has 0 fully saturated rings. The Kier molecular flexibility index (Phi) is 4.92. The third-order valence-electron chi connectivity index (χ3n) is 4.24. The zero-order chi connectivity index (χ0) is 18.8. The van der Waals surface area contributed by atoms with Crippen molar-refractivity contribution in [3.05, 3.63) is 77.1 Å². The number of hydrogen-bond acceptors (Lipinski definition) is 4. The Labute approximate surface area is 165 Å². The van der Waals surface area contributed by atoms with E-state index in [0.29, 0.717) is 23.7 Å². The van der Waals surface area contributed by atoms with E-state index in [-0.39, 0.29) is 5.91 Å². The Bertz CT molecular complexity index is 1070. The lowest BCUT2D eigenvalue weighted by molar-refractivity contribution is 0.0752. The molecule has 5 nitrogen and oxygen atoms in total. The van der Waals surface area contributed by atoms with Crippen molar-refractivity contribution in [1.29, 1.82) is 0 Å². The van der Waals surface area contributed by atoms with E-state index in [0.717, 1.165) is 20.9 Å². The highest BCUT2D eigenvalue weighted by Crippen LogP contribution is 2.24. The predicted octanol–water partition coefficient (Wildman–Crippen LogP) is 4.80. The van der Waals surface area contributed by atoms with Crippen LogP contribution in [-0.4, -0.2) is 32.1 Å². The molecule has 136 valence electrons. The molecule has 0 radical (unpaired) electrons. The number of aromatic nitrogens is 3. The molecule has 0 aliphatic carbocycles. The lowest BCUT2D eigenvalue weighted by Crippen LogP contribution is -2.30. The number of rotatable bonds is 5. The Morgan fingerprint density at radius 1 is 1.22 bits per heavy atom. The molecule has 1 amide bonds. The van der Waals surface area contributed by atoms with E-state index in [1.54, 1.807) is 33.3 Å². The summed E-state index contributed by atoms with van der Waals surface area (Å²) in [5, 5.41) is 5.75. The summed E-state index contributed by atoms with van der Waals surface area (Å²) in [7, 11) is 0. The topological polar surface area (TPSA) is 51.0 Å². The van der Waals surface area contributed by atoms with Crippen LogP contribution in [0.2, 0.25) is 5.02 Å². The van der Waals surface area contributed by atoms with Crippen LogP contribution in [0.1, 0.15) is 22.8 Å². The summed E-state index contributed by atoms with van der Waals surface area (Å²) in [5.41, 5.74) is 2.46. The Balaban J connectivity index is 1.56. The number of fused-ring (bicyclic) bond motifs is 1. The van der Waals surface area contributed by atoms with E-state index < -0.39 is 0 Å². The number of benzene rings is 2. The van der Waals surface area contributed by atoms with Gasteiger partial charge in [-0.1, -0.05) is 47.2 Å². The first kappa shape index (κ1) is 17.7. The summed E-state index contributed by atoms with van der Waals surface area (Å²) >= 11 is 7.59. The molecule has 27 heavy (non-hydrogen) atoms. The zero-order valence-electron chi connectivity index (χ0n) is 14.7. The van der Waals surface area contributed by atoms with E-state index in [4.69, 9.17) is 11.6 Å². The van der Waals surface area contributed by atoms with Crippen LogP contribution in [0.4, 0.5) is 0 Å². The number of hydrogen-bond donors (Lipinski definition) is 0. The fraction of sp³-hybridized carbons (Fsp3) is 0.150. The minimum Gasteiger partial charge on any atom is -0.335 e. The molecule has 0 saturated heterocycles. The van der Waals surface area contributed by atoms with Crippen LogP contribution in [0, 0.1) is 0 Å². The van der Waals surface area contributed by atoms with Crippen LogP contribution in [0.25, 0.3) is 15.3 Å². The molecule has 0 aliphatic rings. The molecule has 0 unspecified atom stereocenters. The normalized spacial score (nSPS) is 11.0. The lowest BCUT2D eigenvalue weighted by atomic mass is 10.2. The average molecular weight is 397 g/mol. The fourth-order valence-electron chi connectivity index (χ4n) is 2.86. The fourth-order valence-corrected chi connectivity index (χ4v) is 3.97. The van der Waals surface area contributed by atoms with E-state index in [2.05, 4.69) is 10.1 Å². The smallest absolute Gasteiger partial charge is 0.257 e. The second-order valence-corrected chi connectivity index (χ2v) is 7.53. The zero-order valence-corrected chi connectivity index (χ0v) is 16.2. The molecule has 0 spiro atoms. The molecule has 2 aromatic carbocycles. The van der Waals surface area contributed by atoms with E-state index in [1.165, 1.54) is 0 Å². The van der Waals surface area contributed by atoms with Crippen molar-refractivity contribution in [3.63, 3.8) is 0 Å². The molecule has 7 heteroatoms. The van der Waals surface area contributed by atoms with Gasteiger partial charge < -0.3 is 4.90 Å². The molecule has 2 heterocycles. The Morgan fingerprint density at radius 3 is 2.85 bits per heavy atom. The van der Waals surface area contributed by atoms with E-state index in [9.17, 15) is 4.79 Å². The molecule has 2 aromatic heterocycles. The quantitative estimate of drug-likeness (QED) is 0.487. The molecule has 4 aromatic rings. The van der Waals surface area contributed by atoms with Gasteiger partial charge in [0.05, 0.1) is 22.0 Å². The molecule has 4 rings (SSSR count). The molecule has 0 bridgehead atoms. The third-order valence-corrected chi connectivity index (χ3v) is 5.50. The van der Waals surface area contributed by atoms with Gasteiger partial charge in [-0.05, 0) is 36.8 Å². The average Bonchev–Trinajstić information content (AvgIpc) is 3.32. The highest BCUT2D eigenvalue weighted by molar-refractivity contribution is 7.20. The van der Waals surface area contributed by atoms with Crippen LogP contribution in [0.5, 0.6) is 0 Å². The summed E-state index contributed by atoms with van der Waals surface area (Å²) in [6, 6.07) is 15.5. The Hall–Kier alpha value is -2.70. The molecule has 0 N–H and O–H groups in total. The van der Waals surface area contributed by atoms with Gasteiger partial charge in [-0.3, -0.25) is 4.79 Å². The van der Waals surface area contributed by atoms with Gasteiger partial charge in [-0.2, -0.15) is 5.10 Å². The van der Waals surface area contributed by atoms with Crippen LogP contribution in [0.15, 0.2) is 60.9 Å². The van der Waals surface area contributed by atoms with Crippen LogP contribution < -0.4 is 0 Å². The van der Waals surface area contributed by atoms with Crippen molar-refractivity contribution in [2.45, 2.75) is 13.5 Å². The van der Waals surface area contributed by atoms with Crippen molar-refractivity contribution in [1.82, 2.24) is 19.7 Å². The highest BCUT2D eigenvalue weighted by atomic mass is 35.5. The van der Waals surface area contributed by atoms with Crippen molar-refractivity contribution in [2.24, 2.45) is 0 Å².